The van der Waals surface area contributed by atoms with Gasteiger partial charge in [0.25, 0.3) is 0 Å². The van der Waals surface area contributed by atoms with Crippen LogP contribution in [0.5, 0.6) is 0 Å². The zero-order chi connectivity index (χ0) is 18.7. The van der Waals surface area contributed by atoms with Crippen LogP contribution in [0.2, 0.25) is 0 Å². The average Bonchev–Trinajstić information content (AvgIpc) is 2.59. The van der Waals surface area contributed by atoms with Crippen molar-refractivity contribution >= 4 is 0 Å². The maximum atomic E-state index is 14.3. The predicted molar refractivity (Wildman–Crippen MR) is 93.5 cm³/mol. The number of aryl methyl sites for hydroxylation is 1. The molecule has 4 heteroatoms. The summed E-state index contributed by atoms with van der Waals surface area (Å²) in [6.45, 7) is 1.73. The Bertz CT molecular complexity index is 986. The topological polar surface area (TPSA) is 0 Å². The van der Waals surface area contributed by atoms with E-state index >= 15 is 0 Å². The van der Waals surface area contributed by atoms with E-state index < -0.39 is 17.5 Å². The molecule has 26 heavy (non-hydrogen) atoms. The van der Waals surface area contributed by atoms with Crippen molar-refractivity contribution in [3.8, 4) is 23.0 Å². The molecule has 0 saturated heterocycles. The molecule has 3 aromatic carbocycles. The first-order valence-corrected chi connectivity index (χ1v) is 7.93. The van der Waals surface area contributed by atoms with E-state index in [0.717, 1.165) is 23.3 Å². The van der Waals surface area contributed by atoms with Crippen molar-refractivity contribution in [2.45, 2.75) is 13.3 Å². The van der Waals surface area contributed by atoms with Crippen LogP contribution in [0.3, 0.4) is 0 Å². The third-order valence-electron chi connectivity index (χ3n) is 3.90. The van der Waals surface area contributed by atoms with E-state index in [2.05, 4.69) is 11.8 Å². The van der Waals surface area contributed by atoms with Gasteiger partial charge in [0, 0.05) is 12.0 Å². The molecule has 0 radical (unpaired) electrons. The van der Waals surface area contributed by atoms with Gasteiger partial charge < -0.3 is 0 Å². The van der Waals surface area contributed by atoms with Gasteiger partial charge in [-0.15, -0.1) is 0 Å². The molecule has 0 aliphatic rings. The summed E-state index contributed by atoms with van der Waals surface area (Å²) in [5.41, 5.74) is 1.32. The highest BCUT2D eigenvalue weighted by Crippen LogP contribution is 2.27. The maximum Gasteiger partial charge on any atom is 0.142 e. The molecule has 0 nitrogen and oxygen atoms in total. The summed E-state index contributed by atoms with van der Waals surface area (Å²) in [5, 5.41) is 0. The Morgan fingerprint density at radius 1 is 0.769 bits per heavy atom. The lowest BCUT2D eigenvalue weighted by Gasteiger charge is -2.07. The second kappa shape index (κ2) is 7.45. The van der Waals surface area contributed by atoms with Crippen LogP contribution in [0.15, 0.2) is 54.6 Å². The predicted octanol–water partition coefficient (Wildman–Crippen LogP) is 5.81. The van der Waals surface area contributed by atoms with Crippen molar-refractivity contribution in [2.24, 2.45) is 0 Å². The van der Waals surface area contributed by atoms with E-state index in [1.807, 2.05) is 0 Å². The molecule has 0 atom stereocenters. The highest BCUT2D eigenvalue weighted by Gasteiger charge is 2.13. The second-order valence-corrected chi connectivity index (χ2v) is 5.90. The van der Waals surface area contributed by atoms with Gasteiger partial charge in [-0.1, -0.05) is 36.1 Å². The summed E-state index contributed by atoms with van der Waals surface area (Å²) in [6.07, 6.45) is 0.230. The van der Waals surface area contributed by atoms with E-state index in [-0.39, 0.29) is 28.9 Å². The number of hydrogen-bond acceptors (Lipinski definition) is 0. The lowest BCUT2D eigenvalue weighted by Crippen LogP contribution is -1.94. The van der Waals surface area contributed by atoms with Crippen LogP contribution in [0.4, 0.5) is 17.6 Å². The molecule has 0 unspecified atom stereocenters. The number of benzene rings is 3. The van der Waals surface area contributed by atoms with Crippen molar-refractivity contribution in [1.82, 2.24) is 0 Å². The molecule has 0 amide bonds. The Kier molecular flexibility index (Phi) is 5.09. The zero-order valence-corrected chi connectivity index (χ0v) is 13.9. The first kappa shape index (κ1) is 17.8. The molecule has 3 aromatic rings. The summed E-state index contributed by atoms with van der Waals surface area (Å²) in [4.78, 5) is 0. The van der Waals surface area contributed by atoms with Crippen molar-refractivity contribution in [2.75, 3.05) is 0 Å². The molecule has 0 aromatic heterocycles. The van der Waals surface area contributed by atoms with E-state index in [0.29, 0.717) is 0 Å². The van der Waals surface area contributed by atoms with Gasteiger partial charge in [0.1, 0.15) is 23.3 Å². The summed E-state index contributed by atoms with van der Waals surface area (Å²) >= 11 is 0. The van der Waals surface area contributed by atoms with Gasteiger partial charge in [0.05, 0.1) is 5.56 Å². The standard InChI is InChI=1S/C22H14F4/c1-14-5-10-18(20(24)11-14)16-12-21(25)19(22(26)13-16)4-2-3-15-6-8-17(23)9-7-15/h5-13H,3H2,1H3. The van der Waals surface area contributed by atoms with Crippen LogP contribution >= 0.6 is 0 Å². The van der Waals surface area contributed by atoms with E-state index in [4.69, 9.17) is 0 Å². The summed E-state index contributed by atoms with van der Waals surface area (Å²) in [5.74, 6) is 2.51. The Morgan fingerprint density at radius 2 is 1.42 bits per heavy atom. The summed E-state index contributed by atoms with van der Waals surface area (Å²) in [7, 11) is 0. The quantitative estimate of drug-likeness (QED) is 0.402. The summed E-state index contributed by atoms with van der Waals surface area (Å²) in [6, 6.07) is 12.3. The van der Waals surface area contributed by atoms with Crippen LogP contribution in [0.1, 0.15) is 16.7 Å². The number of halogens is 4. The van der Waals surface area contributed by atoms with Gasteiger partial charge in [-0.2, -0.15) is 0 Å². The maximum absolute atomic E-state index is 14.3. The number of rotatable bonds is 2. The molecular weight excluding hydrogens is 340 g/mol. The third kappa shape index (κ3) is 3.94. The SMILES string of the molecule is Cc1ccc(-c2cc(F)c(C#CCc3ccc(F)cc3)c(F)c2)c(F)c1. The van der Waals surface area contributed by atoms with Crippen LogP contribution < -0.4 is 0 Å². The fourth-order valence-electron chi connectivity index (χ4n) is 2.54. The Hall–Kier alpha value is -3.06. The molecule has 3 rings (SSSR count). The molecule has 130 valence electrons. The van der Waals surface area contributed by atoms with Gasteiger partial charge in [0.2, 0.25) is 0 Å². The summed E-state index contributed by atoms with van der Waals surface area (Å²) < 4.78 is 55.4. The zero-order valence-electron chi connectivity index (χ0n) is 13.9. The number of hydrogen-bond donors (Lipinski definition) is 0. The molecule has 0 fully saturated rings. The normalized spacial score (nSPS) is 10.3. The molecule has 0 N–H and O–H groups in total. The molecule has 0 bridgehead atoms. The second-order valence-electron chi connectivity index (χ2n) is 5.90. The van der Waals surface area contributed by atoms with Gasteiger partial charge in [-0.25, -0.2) is 17.6 Å². The van der Waals surface area contributed by atoms with Crippen LogP contribution in [0.25, 0.3) is 11.1 Å². The Labute approximate surface area is 149 Å². The first-order valence-electron chi connectivity index (χ1n) is 7.93. The first-order chi connectivity index (χ1) is 12.4. The highest BCUT2D eigenvalue weighted by molar-refractivity contribution is 5.66. The smallest absolute Gasteiger partial charge is 0.142 e. The monoisotopic (exact) mass is 354 g/mol. The molecule has 0 saturated carbocycles. The fourth-order valence-corrected chi connectivity index (χ4v) is 2.54. The minimum absolute atomic E-state index is 0.113. The van der Waals surface area contributed by atoms with E-state index in [1.165, 1.54) is 24.3 Å². The lowest BCUT2D eigenvalue weighted by atomic mass is 10.0. The minimum atomic E-state index is -0.855. The van der Waals surface area contributed by atoms with Gasteiger partial charge in [0.15, 0.2) is 0 Å². The lowest BCUT2D eigenvalue weighted by molar-refractivity contribution is 0.577. The average molecular weight is 354 g/mol. The third-order valence-corrected chi connectivity index (χ3v) is 3.90. The van der Waals surface area contributed by atoms with Crippen molar-refractivity contribution < 1.29 is 17.6 Å². The molecule has 0 spiro atoms. The van der Waals surface area contributed by atoms with Crippen LogP contribution in [-0.4, -0.2) is 0 Å². The van der Waals surface area contributed by atoms with E-state index in [1.54, 1.807) is 25.1 Å². The van der Waals surface area contributed by atoms with Crippen LogP contribution in [0, 0.1) is 42.0 Å². The molecule has 0 aliphatic heterocycles. The Balaban J connectivity index is 1.88. The molecular formula is C22H14F4. The van der Waals surface area contributed by atoms with Crippen LogP contribution in [-0.2, 0) is 6.42 Å². The minimum Gasteiger partial charge on any atom is -0.207 e. The molecule has 0 aliphatic carbocycles. The van der Waals surface area contributed by atoms with E-state index in [9.17, 15) is 17.6 Å². The molecule has 0 heterocycles. The fraction of sp³-hybridized carbons (Fsp3) is 0.0909. The van der Waals surface area contributed by atoms with Gasteiger partial charge in [-0.3, -0.25) is 0 Å². The largest absolute Gasteiger partial charge is 0.207 e. The van der Waals surface area contributed by atoms with Crippen molar-refractivity contribution in [3.05, 3.63) is 94.6 Å². The van der Waals surface area contributed by atoms with Crippen molar-refractivity contribution in [1.29, 1.82) is 0 Å². The Morgan fingerprint density at radius 3 is 2.04 bits per heavy atom. The van der Waals surface area contributed by atoms with Gasteiger partial charge in [-0.05, 0) is 53.9 Å². The van der Waals surface area contributed by atoms with Gasteiger partial charge >= 0.3 is 0 Å². The highest BCUT2D eigenvalue weighted by atomic mass is 19.1. The van der Waals surface area contributed by atoms with Crippen molar-refractivity contribution in [3.63, 3.8) is 0 Å².